The fraction of sp³-hybridized carbons (Fsp3) is 0.308. The van der Waals surface area contributed by atoms with E-state index < -0.39 is 12.0 Å². The molecule has 0 bridgehead atoms. The lowest BCUT2D eigenvalue weighted by Crippen LogP contribution is -2.39. The molecule has 0 saturated carbocycles. The summed E-state index contributed by atoms with van der Waals surface area (Å²) < 4.78 is 0.417. The van der Waals surface area contributed by atoms with E-state index in [1.807, 2.05) is 6.92 Å². The zero-order valence-electron chi connectivity index (χ0n) is 11.6. The molecule has 3 amide bonds. The van der Waals surface area contributed by atoms with Crippen LogP contribution in [0.3, 0.4) is 0 Å². The average molecular weight is 358 g/mol. The number of carboxylic acid groups (broad SMARTS) is 1. The van der Waals surface area contributed by atoms with Crippen molar-refractivity contribution in [3.05, 3.63) is 28.2 Å². The Morgan fingerprint density at radius 1 is 1.33 bits per heavy atom. The van der Waals surface area contributed by atoms with Crippen LogP contribution in [0.1, 0.15) is 17.3 Å². The molecule has 0 radical (unpaired) electrons. The molecule has 0 aromatic heterocycles. The Bertz CT molecular complexity index is 562. The number of carboxylic acids is 1. The summed E-state index contributed by atoms with van der Waals surface area (Å²) in [5.41, 5.74) is 0.360. The van der Waals surface area contributed by atoms with E-state index in [1.165, 1.54) is 17.0 Å². The van der Waals surface area contributed by atoms with Crippen molar-refractivity contribution in [3.63, 3.8) is 0 Å². The van der Waals surface area contributed by atoms with Gasteiger partial charge in [-0.15, -0.1) is 0 Å². The van der Waals surface area contributed by atoms with Crippen molar-refractivity contribution in [1.82, 2.24) is 10.2 Å². The van der Waals surface area contributed by atoms with Gasteiger partial charge in [0.1, 0.15) is 0 Å². The minimum absolute atomic E-state index is 0.0367. The fourth-order valence-corrected chi connectivity index (χ4v) is 1.83. The van der Waals surface area contributed by atoms with Crippen LogP contribution in [0.2, 0.25) is 0 Å². The largest absolute Gasteiger partial charge is 0.478 e. The second-order valence-corrected chi connectivity index (χ2v) is 5.07. The van der Waals surface area contributed by atoms with Crippen LogP contribution in [0.15, 0.2) is 22.7 Å². The first kappa shape index (κ1) is 17.0. The second kappa shape index (κ2) is 7.63. The molecule has 1 aromatic rings. The van der Waals surface area contributed by atoms with Crippen LogP contribution in [0.4, 0.5) is 10.5 Å². The summed E-state index contributed by atoms with van der Waals surface area (Å²) in [5.74, 6) is -1.32. The highest BCUT2D eigenvalue weighted by Crippen LogP contribution is 2.21. The zero-order chi connectivity index (χ0) is 16.0. The Morgan fingerprint density at radius 2 is 2.00 bits per heavy atom. The standard InChI is InChI=1S/C13H16BrN3O4/c1-3-17(2)11(18)7-15-13(21)16-8-4-5-10(14)9(6-8)12(19)20/h4-6H,3,7H2,1-2H3,(H,19,20)(H2,15,16,21). The monoisotopic (exact) mass is 357 g/mol. The van der Waals surface area contributed by atoms with Crippen LogP contribution in [-0.2, 0) is 4.79 Å². The summed E-state index contributed by atoms with van der Waals surface area (Å²) in [6.07, 6.45) is 0. The maximum absolute atomic E-state index is 11.6. The number of carbonyl (C=O) groups excluding carboxylic acids is 2. The Kier molecular flexibility index (Phi) is 6.16. The molecule has 8 heteroatoms. The quantitative estimate of drug-likeness (QED) is 0.747. The van der Waals surface area contributed by atoms with Crippen LogP contribution in [0.5, 0.6) is 0 Å². The summed E-state index contributed by atoms with van der Waals surface area (Å²) in [4.78, 5) is 35.6. The number of urea groups is 1. The van der Waals surface area contributed by atoms with Gasteiger partial charge < -0.3 is 20.6 Å². The predicted molar refractivity (Wildman–Crippen MR) is 81.4 cm³/mol. The van der Waals surface area contributed by atoms with Crippen LogP contribution in [0, 0.1) is 0 Å². The van der Waals surface area contributed by atoms with E-state index >= 15 is 0 Å². The minimum atomic E-state index is -1.11. The molecule has 21 heavy (non-hydrogen) atoms. The highest BCUT2D eigenvalue weighted by Gasteiger charge is 2.12. The Hall–Kier alpha value is -2.09. The summed E-state index contributed by atoms with van der Waals surface area (Å²) in [7, 11) is 1.63. The molecule has 1 aromatic carbocycles. The normalized spacial score (nSPS) is 9.86. The molecule has 0 atom stereocenters. The fourth-order valence-electron chi connectivity index (χ4n) is 1.41. The van der Waals surface area contributed by atoms with E-state index in [4.69, 9.17) is 5.11 Å². The smallest absolute Gasteiger partial charge is 0.336 e. The Balaban J connectivity index is 2.61. The van der Waals surface area contributed by atoms with Crippen LogP contribution >= 0.6 is 15.9 Å². The third-order valence-corrected chi connectivity index (χ3v) is 3.45. The maximum atomic E-state index is 11.6. The van der Waals surface area contributed by atoms with Gasteiger partial charge in [-0.25, -0.2) is 9.59 Å². The van der Waals surface area contributed by atoms with E-state index in [1.54, 1.807) is 13.1 Å². The molecule has 0 aliphatic heterocycles. The van der Waals surface area contributed by atoms with Gasteiger partial charge in [-0.3, -0.25) is 4.79 Å². The molecule has 114 valence electrons. The molecule has 0 spiro atoms. The number of hydrogen-bond acceptors (Lipinski definition) is 3. The number of nitrogens with one attached hydrogen (secondary N) is 2. The van der Waals surface area contributed by atoms with Gasteiger partial charge in [-0.05, 0) is 41.1 Å². The number of likely N-dealkylation sites (N-methyl/N-ethyl adjacent to an activating group) is 1. The molecular weight excluding hydrogens is 342 g/mol. The second-order valence-electron chi connectivity index (χ2n) is 4.22. The van der Waals surface area contributed by atoms with Crippen molar-refractivity contribution in [2.45, 2.75) is 6.92 Å². The lowest BCUT2D eigenvalue weighted by Gasteiger charge is -2.15. The van der Waals surface area contributed by atoms with E-state index in [0.29, 0.717) is 16.7 Å². The van der Waals surface area contributed by atoms with E-state index in [-0.39, 0.29) is 18.0 Å². The summed E-state index contributed by atoms with van der Waals surface area (Å²) in [5, 5.41) is 13.9. The average Bonchev–Trinajstić information content (AvgIpc) is 2.45. The number of hydrogen-bond donors (Lipinski definition) is 3. The molecule has 0 aliphatic rings. The van der Waals surface area contributed by atoms with Gasteiger partial charge in [0.15, 0.2) is 0 Å². The highest BCUT2D eigenvalue weighted by atomic mass is 79.9. The van der Waals surface area contributed by atoms with Gasteiger partial charge in [-0.1, -0.05) is 0 Å². The number of carbonyl (C=O) groups is 3. The molecule has 0 unspecified atom stereocenters. The first-order chi connectivity index (χ1) is 9.85. The van der Waals surface area contributed by atoms with Gasteiger partial charge in [-0.2, -0.15) is 0 Å². The van der Waals surface area contributed by atoms with Crippen molar-refractivity contribution in [3.8, 4) is 0 Å². The molecule has 3 N–H and O–H groups in total. The van der Waals surface area contributed by atoms with Crippen molar-refractivity contribution in [2.24, 2.45) is 0 Å². The SMILES string of the molecule is CCN(C)C(=O)CNC(=O)Nc1ccc(Br)c(C(=O)O)c1. The third kappa shape index (κ3) is 5.07. The first-order valence-corrected chi connectivity index (χ1v) is 6.96. The van der Waals surface area contributed by atoms with Crippen molar-refractivity contribution in [2.75, 3.05) is 25.5 Å². The number of benzene rings is 1. The molecule has 1 rings (SSSR count). The molecule has 0 heterocycles. The van der Waals surface area contributed by atoms with Gasteiger partial charge in [0.25, 0.3) is 0 Å². The number of halogens is 1. The van der Waals surface area contributed by atoms with Crippen LogP contribution < -0.4 is 10.6 Å². The topological polar surface area (TPSA) is 98.7 Å². The molecule has 7 nitrogen and oxygen atoms in total. The molecular formula is C13H16BrN3O4. The highest BCUT2D eigenvalue weighted by molar-refractivity contribution is 9.10. The van der Waals surface area contributed by atoms with E-state index in [0.717, 1.165) is 0 Å². The van der Waals surface area contributed by atoms with Gasteiger partial charge in [0.2, 0.25) is 5.91 Å². The number of nitrogens with zero attached hydrogens (tertiary/aromatic N) is 1. The van der Waals surface area contributed by atoms with Crippen molar-refractivity contribution in [1.29, 1.82) is 0 Å². The summed E-state index contributed by atoms with van der Waals surface area (Å²) in [6, 6.07) is 3.82. The maximum Gasteiger partial charge on any atom is 0.336 e. The molecule has 0 fully saturated rings. The van der Waals surface area contributed by atoms with Crippen molar-refractivity contribution >= 4 is 39.5 Å². The number of aromatic carboxylic acids is 1. The van der Waals surface area contributed by atoms with Gasteiger partial charge >= 0.3 is 12.0 Å². The summed E-state index contributed by atoms with van der Waals surface area (Å²) >= 11 is 3.11. The number of rotatable bonds is 5. The Morgan fingerprint density at radius 3 is 2.57 bits per heavy atom. The van der Waals surface area contributed by atoms with E-state index in [2.05, 4.69) is 26.6 Å². The van der Waals surface area contributed by atoms with Crippen LogP contribution in [0.25, 0.3) is 0 Å². The summed E-state index contributed by atoms with van der Waals surface area (Å²) in [6.45, 7) is 2.25. The Labute approximate surface area is 130 Å². The minimum Gasteiger partial charge on any atom is -0.478 e. The third-order valence-electron chi connectivity index (χ3n) is 2.75. The first-order valence-electron chi connectivity index (χ1n) is 6.16. The number of amides is 3. The number of anilines is 1. The lowest BCUT2D eigenvalue weighted by atomic mass is 10.2. The van der Waals surface area contributed by atoms with E-state index in [9.17, 15) is 14.4 Å². The van der Waals surface area contributed by atoms with Crippen LogP contribution in [-0.4, -0.2) is 48.1 Å². The van der Waals surface area contributed by atoms with Crippen molar-refractivity contribution < 1.29 is 19.5 Å². The molecule has 0 saturated heterocycles. The predicted octanol–water partition coefficient (Wildman–Crippen LogP) is 1.75. The van der Waals surface area contributed by atoms with Gasteiger partial charge in [0, 0.05) is 23.8 Å². The molecule has 0 aliphatic carbocycles. The zero-order valence-corrected chi connectivity index (χ0v) is 13.2. The van der Waals surface area contributed by atoms with Gasteiger partial charge in [0.05, 0.1) is 12.1 Å². The lowest BCUT2D eigenvalue weighted by molar-refractivity contribution is -0.128.